The fourth-order valence-electron chi connectivity index (χ4n) is 1.57. The molecule has 2 aromatic heterocycles. The van der Waals surface area contributed by atoms with Crippen LogP contribution >= 0.6 is 0 Å². The van der Waals surface area contributed by atoms with E-state index in [0.717, 1.165) is 0 Å². The molecule has 0 radical (unpaired) electrons. The first-order chi connectivity index (χ1) is 9.18. The Labute approximate surface area is 109 Å². The standard InChI is InChI=1S/C10H16N8O/c11-8-7-9(16-5-15-8)18(6-17-7)2-4-19-3-1-14-10(12)13/h5-6H,1-4H2,(H2,11,15,16)(H4,12,13,14). The Kier molecular flexibility index (Phi) is 4.08. The van der Waals surface area contributed by atoms with Crippen LogP contribution in [-0.4, -0.2) is 45.2 Å². The topological polar surface area (TPSA) is 143 Å². The number of guanidine groups is 1. The lowest BCUT2D eigenvalue weighted by molar-refractivity contribution is 0.134. The van der Waals surface area contributed by atoms with Crippen molar-refractivity contribution in [2.75, 3.05) is 25.5 Å². The molecular formula is C10H16N8O. The molecular weight excluding hydrogens is 248 g/mol. The zero-order valence-corrected chi connectivity index (χ0v) is 10.4. The largest absolute Gasteiger partial charge is 0.382 e. The molecule has 102 valence electrons. The van der Waals surface area contributed by atoms with Gasteiger partial charge < -0.3 is 26.5 Å². The smallest absolute Gasteiger partial charge is 0.185 e. The molecule has 0 spiro atoms. The molecule has 0 atom stereocenters. The van der Waals surface area contributed by atoms with Gasteiger partial charge in [-0.05, 0) is 0 Å². The molecule has 0 aromatic carbocycles. The number of imidazole rings is 1. The van der Waals surface area contributed by atoms with Crippen LogP contribution in [0.25, 0.3) is 11.2 Å². The van der Waals surface area contributed by atoms with Crippen molar-refractivity contribution in [2.24, 2.45) is 16.5 Å². The number of fused-ring (bicyclic) bond motifs is 1. The van der Waals surface area contributed by atoms with E-state index in [9.17, 15) is 0 Å². The fraction of sp³-hybridized carbons (Fsp3) is 0.400. The maximum atomic E-state index is 5.70. The van der Waals surface area contributed by atoms with Gasteiger partial charge in [0.15, 0.2) is 17.4 Å². The summed E-state index contributed by atoms with van der Waals surface area (Å²) < 4.78 is 7.25. The number of nitrogens with zero attached hydrogens (tertiary/aromatic N) is 5. The predicted octanol–water partition coefficient (Wildman–Crippen LogP) is -1.30. The number of hydrogen-bond donors (Lipinski definition) is 3. The minimum absolute atomic E-state index is 0.0661. The second-order valence-electron chi connectivity index (χ2n) is 3.79. The molecule has 2 aromatic rings. The van der Waals surface area contributed by atoms with Gasteiger partial charge in [0.2, 0.25) is 0 Å². The maximum absolute atomic E-state index is 5.70. The van der Waals surface area contributed by atoms with Crippen molar-refractivity contribution in [3.05, 3.63) is 12.7 Å². The van der Waals surface area contributed by atoms with Gasteiger partial charge in [0.25, 0.3) is 0 Å². The second kappa shape index (κ2) is 5.96. The van der Waals surface area contributed by atoms with Gasteiger partial charge >= 0.3 is 0 Å². The van der Waals surface area contributed by atoms with Gasteiger partial charge in [0, 0.05) is 6.54 Å². The molecule has 0 saturated carbocycles. The highest BCUT2D eigenvalue weighted by Gasteiger charge is 2.06. The third kappa shape index (κ3) is 3.28. The zero-order valence-electron chi connectivity index (χ0n) is 10.4. The molecule has 19 heavy (non-hydrogen) atoms. The summed E-state index contributed by atoms with van der Waals surface area (Å²) in [4.78, 5) is 16.0. The van der Waals surface area contributed by atoms with Gasteiger partial charge in [-0.25, -0.2) is 15.0 Å². The van der Waals surface area contributed by atoms with Crippen LogP contribution in [0.3, 0.4) is 0 Å². The van der Waals surface area contributed by atoms with Crippen LogP contribution in [0.4, 0.5) is 5.82 Å². The normalized spacial score (nSPS) is 10.7. The van der Waals surface area contributed by atoms with Gasteiger partial charge in [-0.15, -0.1) is 0 Å². The number of rotatable bonds is 6. The molecule has 0 aliphatic heterocycles. The summed E-state index contributed by atoms with van der Waals surface area (Å²) in [6.45, 7) is 2.04. The lowest BCUT2D eigenvalue weighted by Crippen LogP contribution is -2.23. The Bertz CT molecular complexity index is 574. The molecule has 0 amide bonds. The van der Waals surface area contributed by atoms with Gasteiger partial charge in [-0.2, -0.15) is 0 Å². The van der Waals surface area contributed by atoms with Crippen LogP contribution in [0, 0.1) is 0 Å². The van der Waals surface area contributed by atoms with Crippen LogP contribution in [0.2, 0.25) is 0 Å². The van der Waals surface area contributed by atoms with E-state index >= 15 is 0 Å². The van der Waals surface area contributed by atoms with Crippen molar-refractivity contribution < 1.29 is 4.74 Å². The maximum Gasteiger partial charge on any atom is 0.185 e. The zero-order chi connectivity index (χ0) is 13.7. The molecule has 0 unspecified atom stereocenters. The van der Waals surface area contributed by atoms with Crippen molar-refractivity contribution in [2.45, 2.75) is 6.54 Å². The van der Waals surface area contributed by atoms with Gasteiger partial charge in [0.05, 0.1) is 26.1 Å². The van der Waals surface area contributed by atoms with Crippen molar-refractivity contribution in [1.82, 2.24) is 19.5 Å². The molecule has 0 bridgehead atoms. The Morgan fingerprint density at radius 1 is 1.26 bits per heavy atom. The molecule has 6 N–H and O–H groups in total. The van der Waals surface area contributed by atoms with Crippen molar-refractivity contribution in [3.8, 4) is 0 Å². The average molecular weight is 264 g/mol. The third-order valence-electron chi connectivity index (χ3n) is 2.44. The molecule has 0 fully saturated rings. The van der Waals surface area contributed by atoms with Crippen molar-refractivity contribution >= 4 is 22.9 Å². The number of nitrogens with two attached hydrogens (primary N) is 3. The molecule has 2 rings (SSSR count). The van der Waals surface area contributed by atoms with Crippen LogP contribution < -0.4 is 17.2 Å². The highest BCUT2D eigenvalue weighted by atomic mass is 16.5. The Morgan fingerprint density at radius 2 is 2.11 bits per heavy atom. The van der Waals surface area contributed by atoms with E-state index in [1.54, 1.807) is 6.33 Å². The van der Waals surface area contributed by atoms with E-state index in [4.69, 9.17) is 21.9 Å². The molecule has 0 aliphatic carbocycles. The number of aliphatic imine (C=N–C) groups is 1. The van der Waals surface area contributed by atoms with Crippen LogP contribution in [0.5, 0.6) is 0 Å². The van der Waals surface area contributed by atoms with Crippen molar-refractivity contribution in [1.29, 1.82) is 0 Å². The van der Waals surface area contributed by atoms with Gasteiger partial charge in [-0.1, -0.05) is 0 Å². The molecule has 0 saturated heterocycles. The lowest BCUT2D eigenvalue weighted by atomic mass is 10.5. The van der Waals surface area contributed by atoms with Gasteiger partial charge in [0.1, 0.15) is 11.8 Å². The minimum atomic E-state index is 0.0661. The molecule has 2 heterocycles. The van der Waals surface area contributed by atoms with Gasteiger partial charge in [-0.3, -0.25) is 4.99 Å². The number of nitrogen functional groups attached to an aromatic ring is 1. The van der Waals surface area contributed by atoms with Crippen LogP contribution in [0.15, 0.2) is 17.6 Å². The molecule has 0 aliphatic rings. The van der Waals surface area contributed by atoms with E-state index in [2.05, 4.69) is 19.9 Å². The second-order valence-corrected chi connectivity index (χ2v) is 3.79. The highest BCUT2D eigenvalue weighted by molar-refractivity contribution is 5.81. The highest BCUT2D eigenvalue weighted by Crippen LogP contribution is 2.13. The van der Waals surface area contributed by atoms with E-state index in [0.29, 0.717) is 43.3 Å². The number of ether oxygens (including phenoxy) is 1. The van der Waals surface area contributed by atoms with E-state index in [1.807, 2.05) is 4.57 Å². The quantitative estimate of drug-likeness (QED) is 0.334. The Morgan fingerprint density at radius 3 is 2.89 bits per heavy atom. The fourth-order valence-corrected chi connectivity index (χ4v) is 1.57. The first-order valence-corrected chi connectivity index (χ1v) is 5.73. The lowest BCUT2D eigenvalue weighted by Gasteiger charge is -2.04. The summed E-state index contributed by atoms with van der Waals surface area (Å²) in [6, 6.07) is 0. The first-order valence-electron chi connectivity index (χ1n) is 5.73. The van der Waals surface area contributed by atoms with Crippen LogP contribution in [0.1, 0.15) is 0 Å². The first kappa shape index (κ1) is 13.0. The van der Waals surface area contributed by atoms with Crippen LogP contribution in [-0.2, 0) is 11.3 Å². The average Bonchev–Trinajstić information content (AvgIpc) is 2.78. The Balaban J connectivity index is 1.85. The summed E-state index contributed by atoms with van der Waals surface area (Å²) >= 11 is 0. The predicted molar refractivity (Wildman–Crippen MR) is 71.2 cm³/mol. The summed E-state index contributed by atoms with van der Waals surface area (Å²) in [5.74, 6) is 0.439. The molecule has 9 heteroatoms. The summed E-state index contributed by atoms with van der Waals surface area (Å²) in [6.07, 6.45) is 3.07. The summed E-state index contributed by atoms with van der Waals surface area (Å²) in [5, 5.41) is 0. The number of aromatic nitrogens is 4. The summed E-state index contributed by atoms with van der Waals surface area (Å²) in [7, 11) is 0. The molecule has 9 nitrogen and oxygen atoms in total. The van der Waals surface area contributed by atoms with E-state index in [-0.39, 0.29) is 5.96 Å². The third-order valence-corrected chi connectivity index (χ3v) is 2.44. The summed E-state index contributed by atoms with van der Waals surface area (Å²) in [5.41, 5.74) is 17.4. The van der Waals surface area contributed by atoms with Crippen molar-refractivity contribution in [3.63, 3.8) is 0 Å². The van der Waals surface area contributed by atoms with E-state index in [1.165, 1.54) is 6.33 Å². The Hall–Kier alpha value is -2.42. The number of anilines is 1. The minimum Gasteiger partial charge on any atom is -0.382 e. The number of hydrogen-bond acceptors (Lipinski definition) is 6. The van der Waals surface area contributed by atoms with E-state index < -0.39 is 0 Å². The SMILES string of the molecule is NC(N)=NCCOCCn1cnc2c(N)ncnc21. The monoisotopic (exact) mass is 264 g/mol.